The Bertz CT molecular complexity index is 647. The SMILES string of the molecule is Cc1nn(-c2ccccc2)c(C)c1C(=O)NCC(O)C(C)C. The van der Waals surface area contributed by atoms with Crippen molar-refractivity contribution in [2.45, 2.75) is 33.8 Å². The predicted molar refractivity (Wildman–Crippen MR) is 86.2 cm³/mol. The predicted octanol–water partition coefficient (Wildman–Crippen LogP) is 2.24. The minimum atomic E-state index is -0.547. The summed E-state index contributed by atoms with van der Waals surface area (Å²) in [5.41, 5.74) is 2.96. The second-order valence-electron chi connectivity index (χ2n) is 5.81. The van der Waals surface area contributed by atoms with E-state index in [-0.39, 0.29) is 18.4 Å². The van der Waals surface area contributed by atoms with Crippen LogP contribution >= 0.6 is 0 Å². The van der Waals surface area contributed by atoms with Crippen molar-refractivity contribution in [3.8, 4) is 5.69 Å². The van der Waals surface area contributed by atoms with Gasteiger partial charge < -0.3 is 10.4 Å². The molecule has 2 rings (SSSR count). The van der Waals surface area contributed by atoms with Crippen LogP contribution in [0.1, 0.15) is 35.6 Å². The molecular weight excluding hydrogens is 278 g/mol. The fraction of sp³-hybridized carbons (Fsp3) is 0.412. The van der Waals surface area contributed by atoms with Crippen molar-refractivity contribution in [1.29, 1.82) is 0 Å². The van der Waals surface area contributed by atoms with Gasteiger partial charge in [0.1, 0.15) is 0 Å². The normalized spacial score (nSPS) is 12.5. The molecule has 0 saturated carbocycles. The summed E-state index contributed by atoms with van der Waals surface area (Å²) >= 11 is 0. The van der Waals surface area contributed by atoms with Crippen LogP contribution in [0.4, 0.5) is 0 Å². The van der Waals surface area contributed by atoms with E-state index in [1.807, 2.05) is 58.0 Å². The Morgan fingerprint density at radius 2 is 1.91 bits per heavy atom. The molecule has 1 atom stereocenters. The van der Waals surface area contributed by atoms with Gasteiger partial charge in [0.15, 0.2) is 0 Å². The fourth-order valence-electron chi connectivity index (χ4n) is 2.31. The molecule has 5 nitrogen and oxygen atoms in total. The highest BCUT2D eigenvalue weighted by atomic mass is 16.3. The summed E-state index contributed by atoms with van der Waals surface area (Å²) in [4.78, 5) is 12.4. The van der Waals surface area contributed by atoms with Crippen molar-refractivity contribution >= 4 is 5.91 Å². The molecular formula is C17H23N3O2. The van der Waals surface area contributed by atoms with Gasteiger partial charge in [0.25, 0.3) is 5.91 Å². The highest BCUT2D eigenvalue weighted by Crippen LogP contribution is 2.17. The number of aliphatic hydroxyl groups is 1. The molecule has 0 fully saturated rings. The number of nitrogens with zero attached hydrogens (tertiary/aromatic N) is 2. The van der Waals surface area contributed by atoms with Gasteiger partial charge in [-0.1, -0.05) is 32.0 Å². The number of carbonyl (C=O) groups is 1. The second-order valence-corrected chi connectivity index (χ2v) is 5.81. The molecule has 0 radical (unpaired) electrons. The molecule has 0 aliphatic carbocycles. The Hall–Kier alpha value is -2.14. The first-order chi connectivity index (χ1) is 10.4. The molecule has 0 aliphatic rings. The van der Waals surface area contributed by atoms with E-state index in [2.05, 4.69) is 10.4 Å². The lowest BCUT2D eigenvalue weighted by Crippen LogP contribution is -2.35. The zero-order chi connectivity index (χ0) is 16.3. The zero-order valence-corrected chi connectivity index (χ0v) is 13.5. The number of rotatable bonds is 5. The van der Waals surface area contributed by atoms with Gasteiger partial charge in [-0.15, -0.1) is 0 Å². The molecule has 0 bridgehead atoms. The van der Waals surface area contributed by atoms with Gasteiger partial charge in [0.05, 0.1) is 28.7 Å². The van der Waals surface area contributed by atoms with Crippen LogP contribution in [0.25, 0.3) is 5.69 Å². The van der Waals surface area contributed by atoms with Crippen LogP contribution in [0.5, 0.6) is 0 Å². The van der Waals surface area contributed by atoms with E-state index in [4.69, 9.17) is 0 Å². The highest BCUT2D eigenvalue weighted by molar-refractivity contribution is 5.96. The zero-order valence-electron chi connectivity index (χ0n) is 13.5. The average Bonchev–Trinajstić information content (AvgIpc) is 2.80. The fourth-order valence-corrected chi connectivity index (χ4v) is 2.31. The monoisotopic (exact) mass is 301 g/mol. The maximum Gasteiger partial charge on any atom is 0.255 e. The van der Waals surface area contributed by atoms with Crippen molar-refractivity contribution in [3.05, 3.63) is 47.3 Å². The lowest BCUT2D eigenvalue weighted by molar-refractivity contribution is 0.0870. The molecule has 2 N–H and O–H groups in total. The molecule has 1 heterocycles. The van der Waals surface area contributed by atoms with Gasteiger partial charge in [-0.05, 0) is 31.9 Å². The van der Waals surface area contributed by atoms with E-state index in [0.717, 1.165) is 11.4 Å². The van der Waals surface area contributed by atoms with E-state index >= 15 is 0 Å². The van der Waals surface area contributed by atoms with Crippen molar-refractivity contribution in [1.82, 2.24) is 15.1 Å². The summed E-state index contributed by atoms with van der Waals surface area (Å²) in [6.07, 6.45) is -0.547. The molecule has 1 aromatic heterocycles. The number of amides is 1. The number of para-hydroxylation sites is 1. The number of carbonyl (C=O) groups excluding carboxylic acids is 1. The Morgan fingerprint density at radius 3 is 2.50 bits per heavy atom. The summed E-state index contributed by atoms with van der Waals surface area (Å²) in [5, 5.41) is 17.0. The number of aliphatic hydroxyl groups excluding tert-OH is 1. The Balaban J connectivity index is 2.22. The van der Waals surface area contributed by atoms with Crippen molar-refractivity contribution in [2.24, 2.45) is 5.92 Å². The molecule has 2 aromatic rings. The summed E-state index contributed by atoms with van der Waals surface area (Å²) in [5.74, 6) is -0.0913. The molecule has 22 heavy (non-hydrogen) atoms. The Labute approximate surface area is 131 Å². The van der Waals surface area contributed by atoms with Crippen LogP contribution in [0.2, 0.25) is 0 Å². The van der Waals surface area contributed by atoms with E-state index < -0.39 is 6.10 Å². The molecule has 5 heteroatoms. The summed E-state index contributed by atoms with van der Waals surface area (Å²) in [7, 11) is 0. The van der Waals surface area contributed by atoms with Crippen LogP contribution in [0.3, 0.4) is 0 Å². The smallest absolute Gasteiger partial charge is 0.255 e. The molecule has 1 unspecified atom stereocenters. The maximum atomic E-state index is 12.4. The van der Waals surface area contributed by atoms with Crippen LogP contribution < -0.4 is 5.32 Å². The van der Waals surface area contributed by atoms with Gasteiger partial charge in [-0.2, -0.15) is 5.10 Å². The molecule has 0 spiro atoms. The van der Waals surface area contributed by atoms with Gasteiger partial charge in [-0.25, -0.2) is 4.68 Å². The highest BCUT2D eigenvalue weighted by Gasteiger charge is 2.20. The van der Waals surface area contributed by atoms with Crippen molar-refractivity contribution < 1.29 is 9.90 Å². The van der Waals surface area contributed by atoms with Gasteiger partial charge in [0, 0.05) is 6.54 Å². The van der Waals surface area contributed by atoms with Crippen LogP contribution in [0.15, 0.2) is 30.3 Å². The number of aryl methyl sites for hydroxylation is 1. The number of aromatic nitrogens is 2. The number of nitrogens with one attached hydrogen (secondary N) is 1. The van der Waals surface area contributed by atoms with Crippen LogP contribution in [0, 0.1) is 19.8 Å². The van der Waals surface area contributed by atoms with Gasteiger partial charge >= 0.3 is 0 Å². The summed E-state index contributed by atoms with van der Waals surface area (Å²) < 4.78 is 1.77. The van der Waals surface area contributed by atoms with Crippen LogP contribution in [-0.2, 0) is 0 Å². The van der Waals surface area contributed by atoms with Crippen molar-refractivity contribution in [3.63, 3.8) is 0 Å². The van der Waals surface area contributed by atoms with E-state index in [0.29, 0.717) is 11.3 Å². The largest absolute Gasteiger partial charge is 0.391 e. The Morgan fingerprint density at radius 1 is 1.27 bits per heavy atom. The summed E-state index contributed by atoms with van der Waals surface area (Å²) in [6.45, 7) is 7.77. The van der Waals surface area contributed by atoms with Gasteiger partial charge in [-0.3, -0.25) is 4.79 Å². The van der Waals surface area contributed by atoms with Gasteiger partial charge in [0.2, 0.25) is 0 Å². The lowest BCUT2D eigenvalue weighted by atomic mass is 10.1. The number of benzene rings is 1. The second kappa shape index (κ2) is 6.75. The molecule has 0 aliphatic heterocycles. The standard InChI is InChI=1S/C17H23N3O2/c1-11(2)15(21)10-18-17(22)16-12(3)19-20(13(16)4)14-8-6-5-7-9-14/h5-9,11,15,21H,10H2,1-4H3,(H,18,22). The number of hydrogen-bond acceptors (Lipinski definition) is 3. The quantitative estimate of drug-likeness (QED) is 0.890. The van der Waals surface area contributed by atoms with Crippen LogP contribution in [-0.4, -0.2) is 33.4 Å². The van der Waals surface area contributed by atoms with Crippen molar-refractivity contribution in [2.75, 3.05) is 6.54 Å². The first kappa shape index (κ1) is 16.2. The number of hydrogen-bond donors (Lipinski definition) is 2. The first-order valence-electron chi connectivity index (χ1n) is 7.49. The molecule has 1 aromatic carbocycles. The van der Waals surface area contributed by atoms with E-state index in [9.17, 15) is 9.90 Å². The topological polar surface area (TPSA) is 67.2 Å². The Kier molecular flexibility index (Phi) is 4.98. The third kappa shape index (κ3) is 3.36. The third-order valence-electron chi connectivity index (χ3n) is 3.76. The third-order valence-corrected chi connectivity index (χ3v) is 3.76. The summed E-state index contributed by atoms with van der Waals surface area (Å²) in [6, 6.07) is 9.71. The molecule has 118 valence electrons. The first-order valence-corrected chi connectivity index (χ1v) is 7.49. The molecule has 1 amide bonds. The van der Waals surface area contributed by atoms with E-state index in [1.54, 1.807) is 4.68 Å². The average molecular weight is 301 g/mol. The lowest BCUT2D eigenvalue weighted by Gasteiger charge is -2.15. The minimum Gasteiger partial charge on any atom is -0.391 e. The maximum absolute atomic E-state index is 12.4. The van der Waals surface area contributed by atoms with E-state index in [1.165, 1.54) is 0 Å². The molecule has 0 saturated heterocycles. The minimum absolute atomic E-state index is 0.106.